The van der Waals surface area contributed by atoms with Gasteiger partial charge in [-0.1, -0.05) is 0 Å². The van der Waals surface area contributed by atoms with Gasteiger partial charge in [-0.2, -0.15) is 0 Å². The summed E-state index contributed by atoms with van der Waals surface area (Å²) in [7, 11) is 0. The number of hydrogen-bond donors (Lipinski definition) is 2. The number of carbonyl (C=O) groups is 2. The fraction of sp³-hybridized carbons (Fsp3) is 0.800. The summed E-state index contributed by atoms with van der Waals surface area (Å²) < 4.78 is 15.1. The average molecular weight is 244 g/mol. The van der Waals surface area contributed by atoms with Gasteiger partial charge in [-0.25, -0.2) is 9.59 Å². The van der Waals surface area contributed by atoms with Crippen LogP contribution in [0.5, 0.6) is 0 Å². The van der Waals surface area contributed by atoms with E-state index in [1.165, 1.54) is 0 Å². The zero-order chi connectivity index (χ0) is 12.1. The summed E-state index contributed by atoms with van der Waals surface area (Å²) in [6.07, 6.45) is -1.41. The predicted octanol–water partition coefficient (Wildman–Crippen LogP) is -1.97. The maximum absolute atomic E-state index is 11.6. The molecule has 0 amide bonds. The molecular weight excluding hydrogens is 228 g/mol. The first-order valence-electron chi connectivity index (χ1n) is 5.67. The Bertz CT molecular complexity index is 256. The van der Waals surface area contributed by atoms with Crippen LogP contribution in [0.15, 0.2) is 0 Å². The topological polar surface area (TPSA) is 85.9 Å². The highest BCUT2D eigenvalue weighted by Crippen LogP contribution is 2.03. The maximum Gasteiger partial charge on any atom is 0.344 e. The normalized spacial score (nSPS) is 29.6. The van der Waals surface area contributed by atoms with Crippen LogP contribution >= 0.6 is 0 Å². The number of carbonyl (C=O) groups excluding carboxylic acids is 2. The monoisotopic (exact) mass is 244 g/mol. The number of esters is 2. The number of hydrogen-bond acceptors (Lipinski definition) is 7. The molecule has 2 N–H and O–H groups in total. The number of morpholine rings is 2. The Labute approximate surface area is 98.8 Å². The minimum absolute atomic E-state index is 0.371. The Hall–Kier alpha value is -1.02. The maximum atomic E-state index is 11.6. The van der Waals surface area contributed by atoms with Crippen molar-refractivity contribution >= 4 is 11.9 Å². The Kier molecular flexibility index (Phi) is 4.43. The van der Waals surface area contributed by atoms with Crippen LogP contribution in [-0.2, 0) is 23.8 Å². The molecule has 0 aliphatic carbocycles. The molecule has 0 bridgehead atoms. The highest BCUT2D eigenvalue weighted by molar-refractivity contribution is 5.90. The molecule has 0 spiro atoms. The molecule has 2 saturated heterocycles. The predicted molar refractivity (Wildman–Crippen MR) is 56.3 cm³/mol. The number of ether oxygens (including phenoxy) is 3. The summed E-state index contributed by atoms with van der Waals surface area (Å²) in [6, 6.07) is 0. The van der Waals surface area contributed by atoms with Gasteiger partial charge in [-0.3, -0.25) is 0 Å². The van der Waals surface area contributed by atoms with Crippen molar-refractivity contribution < 1.29 is 23.8 Å². The first kappa shape index (κ1) is 12.4. The lowest BCUT2D eigenvalue weighted by molar-refractivity contribution is -0.176. The number of rotatable bonds is 2. The van der Waals surface area contributed by atoms with E-state index in [0.717, 1.165) is 0 Å². The van der Waals surface area contributed by atoms with Crippen LogP contribution in [0.1, 0.15) is 0 Å². The second kappa shape index (κ2) is 6.06. The van der Waals surface area contributed by atoms with Gasteiger partial charge in [-0.05, 0) is 0 Å². The van der Waals surface area contributed by atoms with Crippen LogP contribution in [-0.4, -0.2) is 63.5 Å². The smallest absolute Gasteiger partial charge is 0.344 e. The van der Waals surface area contributed by atoms with Gasteiger partial charge in [0.05, 0.1) is 13.2 Å². The van der Waals surface area contributed by atoms with Crippen LogP contribution in [0.4, 0.5) is 0 Å². The molecule has 0 saturated carbocycles. The summed E-state index contributed by atoms with van der Waals surface area (Å²) in [6.45, 7) is 3.03. The van der Waals surface area contributed by atoms with Crippen LogP contribution in [0.2, 0.25) is 0 Å². The van der Waals surface area contributed by atoms with Crippen LogP contribution in [0.25, 0.3) is 0 Å². The van der Waals surface area contributed by atoms with Crippen molar-refractivity contribution in [3.05, 3.63) is 0 Å². The first-order chi connectivity index (χ1) is 8.27. The fourth-order valence-corrected chi connectivity index (χ4v) is 1.66. The molecule has 96 valence electrons. The fourth-order valence-electron chi connectivity index (χ4n) is 1.66. The first-order valence-corrected chi connectivity index (χ1v) is 5.67. The second-order valence-corrected chi connectivity index (χ2v) is 3.87. The molecule has 0 aromatic carbocycles. The van der Waals surface area contributed by atoms with Crippen molar-refractivity contribution in [3.63, 3.8) is 0 Å². The number of nitrogens with one attached hydrogen (secondary N) is 2. The van der Waals surface area contributed by atoms with E-state index >= 15 is 0 Å². The molecule has 2 atom stereocenters. The zero-order valence-corrected chi connectivity index (χ0v) is 9.44. The quantitative estimate of drug-likeness (QED) is 0.430. The van der Waals surface area contributed by atoms with Gasteiger partial charge in [0.1, 0.15) is 0 Å². The van der Waals surface area contributed by atoms with Crippen LogP contribution < -0.4 is 10.6 Å². The molecule has 2 unspecified atom stereocenters. The van der Waals surface area contributed by atoms with E-state index in [1.807, 2.05) is 0 Å². The van der Waals surface area contributed by atoms with Crippen LogP contribution in [0.3, 0.4) is 0 Å². The highest BCUT2D eigenvalue weighted by atomic mass is 16.6. The Morgan fingerprint density at radius 1 is 0.941 bits per heavy atom. The molecule has 2 rings (SSSR count). The van der Waals surface area contributed by atoms with Crippen LogP contribution in [0, 0.1) is 0 Å². The summed E-state index contributed by atoms with van der Waals surface area (Å²) in [4.78, 5) is 23.1. The Balaban J connectivity index is 1.78. The lowest BCUT2D eigenvalue weighted by Crippen LogP contribution is -2.48. The van der Waals surface area contributed by atoms with Crippen molar-refractivity contribution in [1.82, 2.24) is 10.6 Å². The summed E-state index contributed by atoms with van der Waals surface area (Å²) in [5, 5.41) is 5.98. The second-order valence-electron chi connectivity index (χ2n) is 3.87. The summed E-state index contributed by atoms with van der Waals surface area (Å²) in [5.74, 6) is -1.31. The van der Waals surface area contributed by atoms with Gasteiger partial charge in [0.2, 0.25) is 0 Å². The Morgan fingerprint density at radius 3 is 1.76 bits per heavy atom. The van der Waals surface area contributed by atoms with Gasteiger partial charge in [-0.15, -0.1) is 0 Å². The standard InChI is InChI=1S/C10H16N2O5/c13-9(7-5-11-1-3-15-7)17-10(14)8-6-12-2-4-16-8/h7-8,11-12H,1-6H2. The molecule has 2 aliphatic rings. The van der Waals surface area contributed by atoms with Crippen molar-refractivity contribution in [1.29, 1.82) is 0 Å². The third-order valence-corrected chi connectivity index (χ3v) is 2.58. The van der Waals surface area contributed by atoms with Crippen molar-refractivity contribution in [2.24, 2.45) is 0 Å². The van der Waals surface area contributed by atoms with Gasteiger partial charge in [0, 0.05) is 26.2 Å². The minimum atomic E-state index is -0.704. The van der Waals surface area contributed by atoms with E-state index in [4.69, 9.17) is 14.2 Å². The molecule has 2 aliphatic heterocycles. The molecule has 7 heteroatoms. The molecule has 0 radical (unpaired) electrons. The van der Waals surface area contributed by atoms with Crippen molar-refractivity contribution in [3.8, 4) is 0 Å². The lowest BCUT2D eigenvalue weighted by atomic mass is 10.3. The van der Waals surface area contributed by atoms with Crippen molar-refractivity contribution in [2.75, 3.05) is 39.4 Å². The summed E-state index contributed by atoms with van der Waals surface area (Å²) >= 11 is 0. The van der Waals surface area contributed by atoms with E-state index in [0.29, 0.717) is 39.4 Å². The molecule has 2 fully saturated rings. The average Bonchev–Trinajstić information content (AvgIpc) is 2.40. The van der Waals surface area contributed by atoms with Gasteiger partial charge in [0.15, 0.2) is 12.2 Å². The Morgan fingerprint density at radius 2 is 1.41 bits per heavy atom. The highest BCUT2D eigenvalue weighted by Gasteiger charge is 2.30. The summed E-state index contributed by atoms with van der Waals surface area (Å²) in [5.41, 5.74) is 0. The van der Waals surface area contributed by atoms with E-state index in [1.54, 1.807) is 0 Å². The molecular formula is C10H16N2O5. The minimum Gasteiger partial charge on any atom is -0.389 e. The largest absolute Gasteiger partial charge is 0.389 e. The lowest BCUT2D eigenvalue weighted by Gasteiger charge is -2.24. The van der Waals surface area contributed by atoms with E-state index in [-0.39, 0.29) is 0 Å². The molecule has 0 aromatic rings. The van der Waals surface area contributed by atoms with Gasteiger partial charge >= 0.3 is 11.9 Å². The molecule has 2 heterocycles. The van der Waals surface area contributed by atoms with Crippen molar-refractivity contribution in [2.45, 2.75) is 12.2 Å². The third kappa shape index (κ3) is 3.47. The molecule has 7 nitrogen and oxygen atoms in total. The van der Waals surface area contributed by atoms with Gasteiger partial charge in [0.25, 0.3) is 0 Å². The molecule has 0 aromatic heterocycles. The van der Waals surface area contributed by atoms with E-state index in [2.05, 4.69) is 10.6 Å². The molecule has 17 heavy (non-hydrogen) atoms. The zero-order valence-electron chi connectivity index (χ0n) is 9.44. The third-order valence-electron chi connectivity index (χ3n) is 2.58. The van der Waals surface area contributed by atoms with Gasteiger partial charge < -0.3 is 24.8 Å². The SMILES string of the molecule is O=C(OC(=O)C1CNCCO1)C1CNCCO1. The van der Waals surface area contributed by atoms with E-state index in [9.17, 15) is 9.59 Å². The van der Waals surface area contributed by atoms with E-state index < -0.39 is 24.1 Å².